The molecule has 35 heavy (non-hydrogen) atoms. The second kappa shape index (κ2) is 9.43. The van der Waals surface area contributed by atoms with E-state index in [1.54, 1.807) is 14.2 Å². The number of hydrogen-bond donors (Lipinski definition) is 3. The largest absolute Gasteiger partial charge is 0.497 e. The molecule has 1 spiro atoms. The number of aliphatic hydroxyl groups excluding tert-OH is 1. The number of H-pyrrole nitrogens is 1. The maximum Gasteiger partial charge on any atom is 0.317 e. The van der Waals surface area contributed by atoms with Crippen LogP contribution < -0.4 is 14.8 Å². The minimum Gasteiger partial charge on any atom is -0.497 e. The number of nitrogens with one attached hydrogen (secondary N) is 2. The van der Waals surface area contributed by atoms with Crippen molar-refractivity contribution in [2.75, 3.05) is 47.0 Å². The number of ether oxygens (including phenoxy) is 2. The highest BCUT2D eigenvalue weighted by Gasteiger charge is 2.54. The second-order valence-electron chi connectivity index (χ2n) is 9.65. The monoisotopic (exact) mass is 478 g/mol. The summed E-state index contributed by atoms with van der Waals surface area (Å²) in [5.74, 6) is 1.60. The smallest absolute Gasteiger partial charge is 0.317 e. The fraction of sp³-hybridized carbons (Fsp3) is 0.444. The van der Waals surface area contributed by atoms with Crippen molar-refractivity contribution in [1.29, 1.82) is 0 Å². The van der Waals surface area contributed by atoms with Crippen LogP contribution in [0.25, 0.3) is 10.9 Å². The number of benzene rings is 2. The van der Waals surface area contributed by atoms with Crippen LogP contribution in [-0.2, 0) is 12.0 Å². The Balaban J connectivity index is 1.54. The highest BCUT2D eigenvalue weighted by molar-refractivity contribution is 5.88. The minimum absolute atomic E-state index is 0.00228. The number of nitrogens with zero attached hydrogens (tertiary/aromatic N) is 2. The van der Waals surface area contributed by atoms with Crippen LogP contribution in [-0.4, -0.2) is 72.9 Å². The zero-order chi connectivity index (χ0) is 24.6. The number of likely N-dealkylation sites (tertiary alicyclic amines) is 1. The molecule has 0 aliphatic carbocycles. The lowest BCUT2D eigenvalue weighted by molar-refractivity contribution is 0.00987. The van der Waals surface area contributed by atoms with Crippen LogP contribution >= 0.6 is 0 Å². The molecule has 8 heteroatoms. The van der Waals surface area contributed by atoms with Crippen LogP contribution in [0.2, 0.25) is 0 Å². The molecule has 1 saturated heterocycles. The molecule has 186 valence electrons. The number of methoxy groups -OCH3 is 2. The summed E-state index contributed by atoms with van der Waals surface area (Å²) in [4.78, 5) is 20.5. The van der Waals surface area contributed by atoms with Gasteiger partial charge in [0.25, 0.3) is 0 Å². The molecule has 0 unspecified atom stereocenters. The van der Waals surface area contributed by atoms with E-state index in [1.165, 1.54) is 5.56 Å². The van der Waals surface area contributed by atoms with Gasteiger partial charge in [-0.05, 0) is 41.8 Å². The number of aromatic nitrogens is 1. The molecule has 0 saturated carbocycles. The number of aromatic amines is 1. The molecule has 2 amide bonds. The molecular formula is C27H34N4O4. The number of aliphatic hydroxyl groups is 1. The highest BCUT2D eigenvalue weighted by Crippen LogP contribution is 2.49. The Morgan fingerprint density at radius 1 is 1.14 bits per heavy atom. The fourth-order valence-electron chi connectivity index (χ4n) is 5.71. The van der Waals surface area contributed by atoms with E-state index in [0.717, 1.165) is 46.6 Å². The summed E-state index contributed by atoms with van der Waals surface area (Å²) in [5, 5.41) is 14.7. The van der Waals surface area contributed by atoms with Gasteiger partial charge in [-0.2, -0.15) is 0 Å². The van der Waals surface area contributed by atoms with Crippen LogP contribution in [0.4, 0.5) is 4.79 Å². The van der Waals surface area contributed by atoms with E-state index in [4.69, 9.17) is 9.47 Å². The van der Waals surface area contributed by atoms with Crippen LogP contribution in [0, 0.1) is 0 Å². The number of carbonyl (C=O) groups is 1. The van der Waals surface area contributed by atoms with E-state index in [2.05, 4.69) is 34.3 Å². The predicted octanol–water partition coefficient (Wildman–Crippen LogP) is 3.41. The van der Waals surface area contributed by atoms with Crippen molar-refractivity contribution in [1.82, 2.24) is 20.1 Å². The lowest BCUT2D eigenvalue weighted by Gasteiger charge is -2.56. The number of urea groups is 1. The molecule has 5 rings (SSSR count). The third-order valence-corrected chi connectivity index (χ3v) is 7.34. The van der Waals surface area contributed by atoms with E-state index in [0.29, 0.717) is 26.2 Å². The first-order valence-electron chi connectivity index (χ1n) is 12.2. The van der Waals surface area contributed by atoms with Gasteiger partial charge >= 0.3 is 6.03 Å². The van der Waals surface area contributed by atoms with Crippen molar-refractivity contribution in [3.05, 3.63) is 59.3 Å². The number of amides is 2. The topological polar surface area (TPSA) is 90.1 Å². The van der Waals surface area contributed by atoms with Gasteiger partial charge in [-0.15, -0.1) is 0 Å². The first-order valence-corrected chi connectivity index (χ1v) is 12.2. The summed E-state index contributed by atoms with van der Waals surface area (Å²) >= 11 is 0. The third-order valence-electron chi connectivity index (χ3n) is 7.34. The summed E-state index contributed by atoms with van der Waals surface area (Å²) in [6.07, 6.45) is 0.908. The van der Waals surface area contributed by atoms with Crippen LogP contribution in [0.1, 0.15) is 36.2 Å². The van der Waals surface area contributed by atoms with Gasteiger partial charge < -0.3 is 29.8 Å². The van der Waals surface area contributed by atoms with Crippen molar-refractivity contribution in [3.63, 3.8) is 0 Å². The molecule has 0 bridgehead atoms. The van der Waals surface area contributed by atoms with Gasteiger partial charge in [0.15, 0.2) is 0 Å². The predicted molar refractivity (Wildman–Crippen MR) is 135 cm³/mol. The standard InChI is InChI=1S/C27H34N4O4/c1-4-10-28-26(33)31-16-27(17-31)15-30(13-18-6-5-7-19(11-18)34-2)23(14-32)25-24(27)21-9-8-20(35-3)12-22(21)29-25/h5-9,11-12,23,29,32H,4,10,13-17H2,1-3H3,(H,28,33)/t23-/m0/s1. The average Bonchev–Trinajstić information content (AvgIpc) is 3.24. The van der Waals surface area contributed by atoms with Gasteiger partial charge in [-0.3, -0.25) is 4.90 Å². The Kier molecular flexibility index (Phi) is 6.34. The Morgan fingerprint density at radius 2 is 1.91 bits per heavy atom. The molecule has 3 heterocycles. The molecule has 2 aromatic carbocycles. The van der Waals surface area contributed by atoms with Crippen molar-refractivity contribution in [3.8, 4) is 11.5 Å². The Hall–Kier alpha value is -3.23. The van der Waals surface area contributed by atoms with Gasteiger partial charge in [-0.1, -0.05) is 19.1 Å². The normalized spacial score (nSPS) is 18.9. The van der Waals surface area contributed by atoms with E-state index in [9.17, 15) is 9.90 Å². The minimum atomic E-state index is -0.212. The molecule has 0 radical (unpaired) electrons. The SMILES string of the molecule is CCCNC(=O)N1CC2(C1)CN(Cc1cccc(OC)c1)[C@@H](CO)c1[nH]c3cc(OC)ccc3c12. The fourth-order valence-corrected chi connectivity index (χ4v) is 5.71. The molecular weight excluding hydrogens is 444 g/mol. The molecule has 3 aromatic rings. The van der Waals surface area contributed by atoms with Gasteiger partial charge in [-0.25, -0.2) is 4.79 Å². The molecule has 2 aliphatic heterocycles. The van der Waals surface area contributed by atoms with Crippen LogP contribution in [0.3, 0.4) is 0 Å². The Morgan fingerprint density at radius 3 is 2.63 bits per heavy atom. The molecule has 1 atom stereocenters. The van der Waals surface area contributed by atoms with Crippen LogP contribution in [0.5, 0.6) is 11.5 Å². The van der Waals surface area contributed by atoms with E-state index < -0.39 is 0 Å². The summed E-state index contributed by atoms with van der Waals surface area (Å²) < 4.78 is 10.9. The summed E-state index contributed by atoms with van der Waals surface area (Å²) in [6.45, 7) is 5.43. The molecule has 1 aromatic heterocycles. The number of rotatable bonds is 7. The number of carbonyl (C=O) groups excluding carboxylic acids is 1. The van der Waals surface area contributed by atoms with Gasteiger partial charge in [0.05, 0.1) is 26.9 Å². The summed E-state index contributed by atoms with van der Waals surface area (Å²) in [6, 6.07) is 13.9. The lowest BCUT2D eigenvalue weighted by atomic mass is 9.68. The van der Waals surface area contributed by atoms with Gasteiger partial charge in [0.2, 0.25) is 0 Å². The lowest BCUT2D eigenvalue weighted by Crippen LogP contribution is -2.68. The maximum atomic E-state index is 12.7. The van der Waals surface area contributed by atoms with E-state index >= 15 is 0 Å². The second-order valence-corrected chi connectivity index (χ2v) is 9.65. The van der Waals surface area contributed by atoms with Crippen LogP contribution in [0.15, 0.2) is 42.5 Å². The van der Waals surface area contributed by atoms with Gasteiger partial charge in [0, 0.05) is 60.8 Å². The summed E-state index contributed by atoms with van der Waals surface area (Å²) in [5.41, 5.74) is 4.14. The van der Waals surface area contributed by atoms with E-state index in [1.807, 2.05) is 35.2 Å². The maximum absolute atomic E-state index is 12.7. The quantitative estimate of drug-likeness (QED) is 0.484. The van der Waals surface area contributed by atoms with Gasteiger partial charge in [0.1, 0.15) is 11.5 Å². The van der Waals surface area contributed by atoms with Crippen molar-refractivity contribution >= 4 is 16.9 Å². The number of fused-ring (bicyclic) bond motifs is 4. The van der Waals surface area contributed by atoms with E-state index in [-0.39, 0.29) is 24.1 Å². The summed E-state index contributed by atoms with van der Waals surface area (Å²) in [7, 11) is 3.33. The Labute approximate surface area is 205 Å². The number of hydrogen-bond acceptors (Lipinski definition) is 5. The first-order chi connectivity index (χ1) is 17.0. The average molecular weight is 479 g/mol. The first kappa shape index (κ1) is 23.5. The molecule has 2 aliphatic rings. The van der Waals surface area contributed by atoms with Crippen molar-refractivity contribution in [2.45, 2.75) is 31.3 Å². The Bertz CT molecular complexity index is 1220. The third kappa shape index (κ3) is 4.10. The molecule has 1 fully saturated rings. The molecule has 3 N–H and O–H groups in total. The zero-order valence-corrected chi connectivity index (χ0v) is 20.6. The molecule has 8 nitrogen and oxygen atoms in total. The highest BCUT2D eigenvalue weighted by atomic mass is 16.5. The van der Waals surface area contributed by atoms with Crippen molar-refractivity contribution in [2.24, 2.45) is 0 Å². The zero-order valence-electron chi connectivity index (χ0n) is 20.6. The van der Waals surface area contributed by atoms with Crippen molar-refractivity contribution < 1.29 is 19.4 Å².